The van der Waals surface area contributed by atoms with Crippen LogP contribution in [0, 0.1) is 10.1 Å². The molecule has 130 valence electrons. The van der Waals surface area contributed by atoms with Crippen LogP contribution in [0.1, 0.15) is 26.3 Å². The Labute approximate surface area is 143 Å². The van der Waals surface area contributed by atoms with Crippen LogP contribution in [0.5, 0.6) is 5.75 Å². The SMILES string of the molecule is COC(=O)c1ccc([N+](=O)[O-])cc1C(=O)c1ccc(N(C)C)cc1O. The lowest BCUT2D eigenvalue weighted by atomic mass is 9.96. The van der Waals surface area contributed by atoms with Gasteiger partial charge in [-0.2, -0.15) is 0 Å². The maximum atomic E-state index is 12.8. The Hall–Kier alpha value is -3.42. The number of nitro groups is 1. The predicted octanol–water partition coefficient (Wildman–Crippen LogP) is 2.38. The minimum atomic E-state index is -0.803. The molecule has 0 saturated heterocycles. The fourth-order valence-corrected chi connectivity index (χ4v) is 2.26. The van der Waals surface area contributed by atoms with Crippen molar-refractivity contribution in [2.24, 2.45) is 0 Å². The number of ketones is 1. The summed E-state index contributed by atoms with van der Waals surface area (Å²) in [5, 5.41) is 21.1. The van der Waals surface area contributed by atoms with Gasteiger partial charge in [0.2, 0.25) is 0 Å². The molecule has 1 N–H and O–H groups in total. The van der Waals surface area contributed by atoms with E-state index in [9.17, 15) is 24.8 Å². The molecule has 0 amide bonds. The van der Waals surface area contributed by atoms with E-state index in [1.54, 1.807) is 25.1 Å². The highest BCUT2D eigenvalue weighted by molar-refractivity contribution is 6.16. The van der Waals surface area contributed by atoms with Crippen molar-refractivity contribution in [2.45, 2.75) is 0 Å². The maximum Gasteiger partial charge on any atom is 0.338 e. The van der Waals surface area contributed by atoms with E-state index in [1.807, 2.05) is 0 Å². The molecule has 0 fully saturated rings. The number of ether oxygens (including phenoxy) is 1. The van der Waals surface area contributed by atoms with Gasteiger partial charge in [0.05, 0.1) is 23.2 Å². The summed E-state index contributed by atoms with van der Waals surface area (Å²) in [6.45, 7) is 0. The highest BCUT2D eigenvalue weighted by Gasteiger charge is 2.24. The normalized spacial score (nSPS) is 10.2. The lowest BCUT2D eigenvalue weighted by Gasteiger charge is -2.14. The summed E-state index contributed by atoms with van der Waals surface area (Å²) in [5.74, 6) is -1.81. The molecule has 2 aromatic rings. The maximum absolute atomic E-state index is 12.8. The summed E-state index contributed by atoms with van der Waals surface area (Å²) in [5.41, 5.74) is -0.0823. The summed E-state index contributed by atoms with van der Waals surface area (Å²) in [4.78, 5) is 36.7. The number of phenols is 1. The van der Waals surface area contributed by atoms with Gasteiger partial charge in [0.15, 0.2) is 5.78 Å². The zero-order valence-corrected chi connectivity index (χ0v) is 13.8. The summed E-state index contributed by atoms with van der Waals surface area (Å²) in [6, 6.07) is 7.66. The van der Waals surface area contributed by atoms with E-state index in [1.165, 1.54) is 12.1 Å². The van der Waals surface area contributed by atoms with Crippen LogP contribution in [0.25, 0.3) is 0 Å². The van der Waals surface area contributed by atoms with Crippen LogP contribution in [0.3, 0.4) is 0 Å². The van der Waals surface area contributed by atoms with Gasteiger partial charge in [0.25, 0.3) is 5.69 Å². The smallest absolute Gasteiger partial charge is 0.338 e. The summed E-state index contributed by atoms with van der Waals surface area (Å²) in [7, 11) is 4.68. The lowest BCUT2D eigenvalue weighted by Crippen LogP contribution is -2.13. The van der Waals surface area contributed by atoms with Gasteiger partial charge >= 0.3 is 5.97 Å². The lowest BCUT2D eigenvalue weighted by molar-refractivity contribution is -0.384. The fourth-order valence-electron chi connectivity index (χ4n) is 2.26. The van der Waals surface area contributed by atoms with Gasteiger partial charge in [0, 0.05) is 43.5 Å². The number of benzene rings is 2. The van der Waals surface area contributed by atoms with Crippen molar-refractivity contribution >= 4 is 23.1 Å². The molecule has 2 aromatic carbocycles. The minimum absolute atomic E-state index is 0.0729. The number of non-ortho nitro benzene ring substituents is 1. The molecule has 0 spiro atoms. The van der Waals surface area contributed by atoms with E-state index in [0.29, 0.717) is 5.69 Å². The van der Waals surface area contributed by atoms with E-state index in [-0.39, 0.29) is 28.1 Å². The Morgan fingerprint density at radius 2 is 1.72 bits per heavy atom. The third-order valence-corrected chi connectivity index (χ3v) is 3.61. The van der Waals surface area contributed by atoms with E-state index in [4.69, 9.17) is 0 Å². The predicted molar refractivity (Wildman–Crippen MR) is 90.3 cm³/mol. The highest BCUT2D eigenvalue weighted by atomic mass is 16.6. The van der Waals surface area contributed by atoms with Gasteiger partial charge in [-0.1, -0.05) is 0 Å². The average molecular weight is 344 g/mol. The standard InChI is InChI=1S/C17H16N2O6/c1-18(2)10-4-7-13(15(20)9-10)16(21)14-8-11(19(23)24)5-6-12(14)17(22)25-3/h4-9,20H,1-3H3. The van der Waals surface area contributed by atoms with Crippen LogP contribution in [0.2, 0.25) is 0 Å². The second kappa shape index (κ2) is 7.00. The molecule has 2 rings (SSSR count). The number of aromatic hydroxyl groups is 1. The number of anilines is 1. The monoisotopic (exact) mass is 344 g/mol. The molecule has 25 heavy (non-hydrogen) atoms. The van der Waals surface area contributed by atoms with Crippen molar-refractivity contribution in [1.82, 2.24) is 0 Å². The van der Waals surface area contributed by atoms with Gasteiger partial charge in [0.1, 0.15) is 5.75 Å². The third-order valence-electron chi connectivity index (χ3n) is 3.61. The van der Waals surface area contributed by atoms with Crippen LogP contribution in [-0.2, 0) is 4.74 Å². The van der Waals surface area contributed by atoms with Crippen molar-refractivity contribution in [3.63, 3.8) is 0 Å². The topological polar surface area (TPSA) is 110 Å². The first kappa shape index (κ1) is 17.9. The van der Waals surface area contributed by atoms with E-state index in [2.05, 4.69) is 4.74 Å². The van der Waals surface area contributed by atoms with Gasteiger partial charge in [-0.25, -0.2) is 4.79 Å². The Morgan fingerprint density at radius 3 is 2.24 bits per heavy atom. The Bertz CT molecular complexity index is 860. The number of nitrogens with zero attached hydrogens (tertiary/aromatic N) is 2. The van der Waals surface area contributed by atoms with E-state index in [0.717, 1.165) is 25.3 Å². The van der Waals surface area contributed by atoms with Crippen molar-refractivity contribution in [3.8, 4) is 5.75 Å². The van der Waals surface area contributed by atoms with Gasteiger partial charge < -0.3 is 14.7 Å². The molecule has 0 aliphatic rings. The Kier molecular flexibility index (Phi) is 5.02. The molecule has 8 heteroatoms. The summed E-state index contributed by atoms with van der Waals surface area (Å²) >= 11 is 0. The molecule has 8 nitrogen and oxygen atoms in total. The first-order valence-electron chi connectivity index (χ1n) is 7.18. The number of hydrogen-bond acceptors (Lipinski definition) is 7. The van der Waals surface area contributed by atoms with Gasteiger partial charge in [-0.3, -0.25) is 14.9 Å². The highest BCUT2D eigenvalue weighted by Crippen LogP contribution is 2.28. The largest absolute Gasteiger partial charge is 0.507 e. The van der Waals surface area contributed by atoms with Crippen LogP contribution in [0.15, 0.2) is 36.4 Å². The number of esters is 1. The van der Waals surface area contributed by atoms with Crippen LogP contribution in [0.4, 0.5) is 11.4 Å². The number of carbonyl (C=O) groups is 2. The molecule has 0 aliphatic carbocycles. The quantitative estimate of drug-likeness (QED) is 0.384. The molecular formula is C17H16N2O6. The summed E-state index contributed by atoms with van der Waals surface area (Å²) < 4.78 is 4.61. The number of nitro benzene ring substituents is 1. The number of rotatable bonds is 5. The van der Waals surface area contributed by atoms with Crippen LogP contribution >= 0.6 is 0 Å². The second-order valence-corrected chi connectivity index (χ2v) is 5.40. The first-order chi connectivity index (χ1) is 11.8. The minimum Gasteiger partial charge on any atom is -0.507 e. The molecular weight excluding hydrogens is 328 g/mol. The zero-order chi connectivity index (χ0) is 18.7. The molecule has 0 unspecified atom stereocenters. The third kappa shape index (κ3) is 3.57. The van der Waals surface area contributed by atoms with Gasteiger partial charge in [-0.05, 0) is 18.2 Å². The molecule has 0 atom stereocenters. The number of hydrogen-bond donors (Lipinski definition) is 1. The van der Waals surface area contributed by atoms with E-state index >= 15 is 0 Å². The van der Waals surface area contributed by atoms with Crippen molar-refractivity contribution < 1.29 is 24.4 Å². The number of phenolic OH excluding ortho intramolecular Hbond substituents is 1. The molecule has 0 aliphatic heterocycles. The Morgan fingerprint density at radius 1 is 1.08 bits per heavy atom. The average Bonchev–Trinajstić information content (AvgIpc) is 2.59. The first-order valence-corrected chi connectivity index (χ1v) is 7.18. The van der Waals surface area contributed by atoms with Crippen LogP contribution in [-0.4, -0.2) is 43.0 Å². The van der Waals surface area contributed by atoms with Crippen molar-refractivity contribution in [1.29, 1.82) is 0 Å². The number of carbonyl (C=O) groups excluding carboxylic acids is 2. The van der Waals surface area contributed by atoms with Crippen LogP contribution < -0.4 is 4.90 Å². The Balaban J connectivity index is 2.59. The molecule has 0 saturated carbocycles. The van der Waals surface area contributed by atoms with E-state index < -0.39 is 16.7 Å². The summed E-state index contributed by atoms with van der Waals surface area (Å²) in [6.07, 6.45) is 0. The van der Waals surface area contributed by atoms with Gasteiger partial charge in [-0.15, -0.1) is 0 Å². The molecule has 0 aromatic heterocycles. The molecule has 0 heterocycles. The molecule has 0 radical (unpaired) electrons. The van der Waals surface area contributed by atoms with Crippen molar-refractivity contribution in [2.75, 3.05) is 26.1 Å². The fraction of sp³-hybridized carbons (Fsp3) is 0.176. The van der Waals surface area contributed by atoms with Crippen molar-refractivity contribution in [3.05, 3.63) is 63.2 Å². The zero-order valence-electron chi connectivity index (χ0n) is 13.8. The molecule has 0 bridgehead atoms. The number of methoxy groups -OCH3 is 1. The second-order valence-electron chi connectivity index (χ2n) is 5.40.